The summed E-state index contributed by atoms with van der Waals surface area (Å²) in [6.07, 6.45) is 2.82. The number of piperidine rings is 1. The van der Waals surface area contributed by atoms with Crippen LogP contribution < -0.4 is 5.32 Å². The molecule has 2 aliphatic heterocycles. The summed E-state index contributed by atoms with van der Waals surface area (Å²) >= 11 is 0. The van der Waals surface area contributed by atoms with Gasteiger partial charge >= 0.3 is 6.09 Å². The van der Waals surface area contributed by atoms with Crippen LogP contribution in [-0.2, 0) is 19.0 Å². The molecule has 2 amide bonds. The molecule has 1 saturated carbocycles. The van der Waals surface area contributed by atoms with Crippen LogP contribution in [0, 0.1) is 0 Å². The molecule has 2 saturated heterocycles. The van der Waals surface area contributed by atoms with Crippen molar-refractivity contribution in [2.75, 3.05) is 19.8 Å². The number of rotatable bonds is 4. The number of hydrogen-bond acceptors (Lipinski definition) is 5. The van der Waals surface area contributed by atoms with E-state index in [1.807, 2.05) is 26.8 Å². The molecule has 4 rings (SSSR count). The Labute approximate surface area is 201 Å². The molecule has 2 heterocycles. The van der Waals surface area contributed by atoms with Crippen LogP contribution in [-0.4, -0.2) is 66.3 Å². The van der Waals surface area contributed by atoms with E-state index in [2.05, 4.69) is 29.6 Å². The fourth-order valence-electron chi connectivity index (χ4n) is 5.44. The lowest BCUT2D eigenvalue weighted by Gasteiger charge is -2.51. The van der Waals surface area contributed by atoms with E-state index in [0.717, 1.165) is 25.7 Å². The predicted molar refractivity (Wildman–Crippen MR) is 125 cm³/mol. The molecule has 0 aromatic heterocycles. The van der Waals surface area contributed by atoms with Gasteiger partial charge in [-0.2, -0.15) is 0 Å². The second kappa shape index (κ2) is 10.2. The fraction of sp³-hybridized carbons (Fsp3) is 0.692. The van der Waals surface area contributed by atoms with Crippen LogP contribution in [0.5, 0.6) is 0 Å². The van der Waals surface area contributed by atoms with Gasteiger partial charge in [-0.15, -0.1) is 0 Å². The van der Waals surface area contributed by atoms with E-state index in [1.54, 1.807) is 4.90 Å². The van der Waals surface area contributed by atoms with Crippen molar-refractivity contribution >= 4 is 12.0 Å². The van der Waals surface area contributed by atoms with E-state index in [1.165, 1.54) is 5.56 Å². The van der Waals surface area contributed by atoms with Gasteiger partial charge in [-0.05, 0) is 70.8 Å². The third-order valence-corrected chi connectivity index (χ3v) is 7.16. The molecule has 1 unspecified atom stereocenters. The number of nitrogens with zero attached hydrogens (tertiary/aromatic N) is 1. The lowest BCUT2D eigenvalue weighted by atomic mass is 9.80. The highest BCUT2D eigenvalue weighted by molar-refractivity contribution is 5.81. The zero-order chi connectivity index (χ0) is 24.3. The average molecular weight is 477 g/mol. The number of likely N-dealkylation sites (tertiary alicyclic amines) is 1. The molecule has 1 spiro atoms. The predicted octanol–water partition coefficient (Wildman–Crippen LogP) is 4.31. The maximum absolute atomic E-state index is 13.8. The molecule has 7 nitrogen and oxygen atoms in total. The van der Waals surface area contributed by atoms with Crippen LogP contribution in [0.15, 0.2) is 30.3 Å². The SMILES string of the molecule is CC(C)(C)OC(=O)N1CCC[C@@]2(COC(F)C(=O)N2)[C@@H]1COC1CCC(c2ccccc2)CC1. The molecule has 3 fully saturated rings. The number of hydrogen-bond donors (Lipinski definition) is 1. The Hall–Kier alpha value is -2.19. The number of alkyl halides is 1. The highest BCUT2D eigenvalue weighted by Gasteiger charge is 2.52. The second-order valence-electron chi connectivity index (χ2n) is 10.8. The summed E-state index contributed by atoms with van der Waals surface area (Å²) in [6, 6.07) is 10.1. The summed E-state index contributed by atoms with van der Waals surface area (Å²) in [5.74, 6) is -0.265. The monoisotopic (exact) mass is 476 g/mol. The Kier molecular flexibility index (Phi) is 7.48. The molecule has 3 aliphatic rings. The van der Waals surface area contributed by atoms with Crippen molar-refractivity contribution in [2.45, 2.75) is 94.9 Å². The van der Waals surface area contributed by atoms with E-state index in [4.69, 9.17) is 14.2 Å². The Morgan fingerprint density at radius 2 is 1.91 bits per heavy atom. The van der Waals surface area contributed by atoms with E-state index in [0.29, 0.717) is 25.3 Å². The Morgan fingerprint density at radius 3 is 2.56 bits per heavy atom. The Balaban J connectivity index is 1.44. The highest BCUT2D eigenvalue weighted by Crippen LogP contribution is 2.36. The second-order valence-corrected chi connectivity index (χ2v) is 10.8. The Morgan fingerprint density at radius 1 is 1.21 bits per heavy atom. The number of benzene rings is 1. The number of amides is 2. The fourth-order valence-corrected chi connectivity index (χ4v) is 5.44. The van der Waals surface area contributed by atoms with Crippen molar-refractivity contribution < 1.29 is 28.2 Å². The molecular weight excluding hydrogens is 439 g/mol. The number of nitrogens with one attached hydrogen (secondary N) is 1. The molecule has 8 heteroatoms. The van der Waals surface area contributed by atoms with E-state index < -0.39 is 35.5 Å². The zero-order valence-electron chi connectivity index (χ0n) is 20.4. The van der Waals surface area contributed by atoms with Crippen LogP contribution in [0.4, 0.5) is 9.18 Å². The summed E-state index contributed by atoms with van der Waals surface area (Å²) < 4.78 is 31.0. The highest BCUT2D eigenvalue weighted by atomic mass is 19.1. The standard InChI is InChI=1S/C26H37FN2O5/c1-25(2,3)34-24(31)29-15-7-14-26(17-33-22(27)23(30)28-26)21(29)16-32-20-12-10-19(11-13-20)18-8-5-4-6-9-18/h4-6,8-9,19-22H,7,10-17H2,1-3H3,(H,28,30)/t19?,20?,21-,22?,26+/m0/s1. The summed E-state index contributed by atoms with van der Waals surface area (Å²) in [7, 11) is 0. The lowest BCUT2D eigenvalue weighted by Crippen LogP contribution is -2.73. The van der Waals surface area contributed by atoms with Crippen LogP contribution in [0.2, 0.25) is 0 Å². The van der Waals surface area contributed by atoms with Crippen LogP contribution in [0.3, 0.4) is 0 Å². The van der Waals surface area contributed by atoms with Gasteiger partial charge in [-0.3, -0.25) is 4.79 Å². The quantitative estimate of drug-likeness (QED) is 0.701. The maximum atomic E-state index is 13.8. The van der Waals surface area contributed by atoms with Gasteiger partial charge in [0.05, 0.1) is 30.9 Å². The third-order valence-electron chi connectivity index (χ3n) is 7.16. The first kappa shape index (κ1) is 24.9. The van der Waals surface area contributed by atoms with Gasteiger partial charge in [0.2, 0.25) is 0 Å². The van der Waals surface area contributed by atoms with Gasteiger partial charge in [0.25, 0.3) is 12.3 Å². The molecule has 34 heavy (non-hydrogen) atoms. The maximum Gasteiger partial charge on any atom is 0.410 e. The molecule has 1 N–H and O–H groups in total. The molecule has 1 aromatic rings. The zero-order valence-corrected chi connectivity index (χ0v) is 20.4. The number of ether oxygens (including phenoxy) is 3. The minimum atomic E-state index is -1.99. The summed E-state index contributed by atoms with van der Waals surface area (Å²) in [4.78, 5) is 26.9. The van der Waals surface area contributed by atoms with E-state index in [9.17, 15) is 14.0 Å². The normalized spacial score (nSPS) is 32.4. The summed E-state index contributed by atoms with van der Waals surface area (Å²) in [5.41, 5.74) is -0.180. The topological polar surface area (TPSA) is 77.1 Å². The minimum absolute atomic E-state index is 0.00597. The first-order chi connectivity index (χ1) is 16.2. The molecule has 1 aliphatic carbocycles. The Bertz CT molecular complexity index is 852. The van der Waals surface area contributed by atoms with Gasteiger partial charge in [-0.25, -0.2) is 9.18 Å². The molecule has 0 radical (unpaired) electrons. The summed E-state index contributed by atoms with van der Waals surface area (Å²) in [6.45, 7) is 6.18. The van der Waals surface area contributed by atoms with Gasteiger partial charge in [0.1, 0.15) is 5.60 Å². The van der Waals surface area contributed by atoms with Gasteiger partial charge in [0, 0.05) is 6.54 Å². The largest absolute Gasteiger partial charge is 0.444 e. The van der Waals surface area contributed by atoms with Crippen molar-refractivity contribution in [1.29, 1.82) is 0 Å². The van der Waals surface area contributed by atoms with Gasteiger partial charge < -0.3 is 24.4 Å². The van der Waals surface area contributed by atoms with E-state index >= 15 is 0 Å². The molecular formula is C26H37FN2O5. The van der Waals surface area contributed by atoms with Crippen molar-refractivity contribution in [3.8, 4) is 0 Å². The molecule has 0 bridgehead atoms. The molecule has 1 aromatic carbocycles. The first-order valence-corrected chi connectivity index (χ1v) is 12.4. The first-order valence-electron chi connectivity index (χ1n) is 12.4. The lowest BCUT2D eigenvalue weighted by molar-refractivity contribution is -0.173. The minimum Gasteiger partial charge on any atom is -0.444 e. The third kappa shape index (κ3) is 5.71. The van der Waals surface area contributed by atoms with Crippen molar-refractivity contribution in [3.63, 3.8) is 0 Å². The van der Waals surface area contributed by atoms with Crippen molar-refractivity contribution in [3.05, 3.63) is 35.9 Å². The van der Waals surface area contributed by atoms with Gasteiger partial charge in [-0.1, -0.05) is 30.3 Å². The number of carbonyl (C=O) groups excluding carboxylic acids is 2. The number of carbonyl (C=O) groups is 2. The number of morpholine rings is 1. The molecule has 188 valence electrons. The van der Waals surface area contributed by atoms with Crippen molar-refractivity contribution in [2.24, 2.45) is 0 Å². The van der Waals surface area contributed by atoms with Crippen LogP contribution in [0.1, 0.15) is 70.8 Å². The van der Waals surface area contributed by atoms with Crippen LogP contribution >= 0.6 is 0 Å². The number of halogens is 1. The summed E-state index contributed by atoms with van der Waals surface area (Å²) in [5, 5.41) is 2.83. The van der Waals surface area contributed by atoms with Crippen molar-refractivity contribution in [1.82, 2.24) is 10.2 Å². The smallest absolute Gasteiger partial charge is 0.410 e. The molecule has 3 atom stereocenters. The average Bonchev–Trinajstić information content (AvgIpc) is 2.80. The van der Waals surface area contributed by atoms with Crippen LogP contribution in [0.25, 0.3) is 0 Å². The van der Waals surface area contributed by atoms with Gasteiger partial charge in [0.15, 0.2) is 0 Å². The van der Waals surface area contributed by atoms with E-state index in [-0.39, 0.29) is 19.3 Å².